The Hall–Kier alpha value is -2.10. The topological polar surface area (TPSA) is 63.6 Å². The number of esters is 1. The van der Waals surface area contributed by atoms with E-state index < -0.39 is 5.97 Å². The molecule has 0 radical (unpaired) electrons. The van der Waals surface area contributed by atoms with Crippen LogP contribution in [0.1, 0.15) is 200 Å². The number of carboxylic acids is 1. The van der Waals surface area contributed by atoms with Crippen molar-refractivity contribution in [3.8, 4) is 0 Å². The van der Waals surface area contributed by atoms with Gasteiger partial charge >= 0.3 is 11.9 Å². The number of hydrogen-bond donors (Lipinski definition) is 1. The third-order valence-electron chi connectivity index (χ3n) is 8.55. The van der Waals surface area contributed by atoms with Gasteiger partial charge in [-0.3, -0.25) is 9.59 Å². The molecular formula is C42H74O4. The fourth-order valence-corrected chi connectivity index (χ4v) is 5.64. The van der Waals surface area contributed by atoms with Crippen LogP contribution >= 0.6 is 0 Å². The van der Waals surface area contributed by atoms with Crippen molar-refractivity contribution in [2.24, 2.45) is 0 Å². The molecule has 1 atom stereocenters. The van der Waals surface area contributed by atoms with Crippen molar-refractivity contribution in [1.29, 1.82) is 0 Å². The Morgan fingerprint density at radius 1 is 0.478 bits per heavy atom. The molecule has 0 rings (SSSR count). The van der Waals surface area contributed by atoms with Crippen molar-refractivity contribution in [3.63, 3.8) is 0 Å². The summed E-state index contributed by atoms with van der Waals surface area (Å²) in [6.45, 7) is 4.50. The van der Waals surface area contributed by atoms with Gasteiger partial charge < -0.3 is 9.84 Å². The number of allylic oxidation sites excluding steroid dienone is 8. The van der Waals surface area contributed by atoms with Gasteiger partial charge in [0.1, 0.15) is 6.10 Å². The highest BCUT2D eigenvalue weighted by Gasteiger charge is 2.14. The van der Waals surface area contributed by atoms with Crippen LogP contribution in [0.5, 0.6) is 0 Å². The molecule has 0 fully saturated rings. The van der Waals surface area contributed by atoms with Crippen molar-refractivity contribution in [2.75, 3.05) is 0 Å². The van der Waals surface area contributed by atoms with Gasteiger partial charge in [-0.25, -0.2) is 0 Å². The molecule has 0 amide bonds. The average molecular weight is 643 g/mol. The molecule has 0 heterocycles. The Balaban J connectivity index is 3.94. The summed E-state index contributed by atoms with van der Waals surface area (Å²) >= 11 is 0. The molecule has 0 aromatic carbocycles. The van der Waals surface area contributed by atoms with Gasteiger partial charge in [-0.05, 0) is 83.5 Å². The lowest BCUT2D eigenvalue weighted by Crippen LogP contribution is -2.18. The van der Waals surface area contributed by atoms with E-state index in [1.807, 2.05) is 0 Å². The second kappa shape index (κ2) is 37.4. The Morgan fingerprint density at radius 3 is 1.35 bits per heavy atom. The number of carbonyl (C=O) groups excluding carboxylic acids is 1. The van der Waals surface area contributed by atoms with E-state index in [1.165, 1.54) is 89.9 Å². The molecule has 0 saturated carbocycles. The summed E-state index contributed by atoms with van der Waals surface area (Å²) < 4.78 is 5.94. The molecule has 0 aromatic heterocycles. The Labute approximate surface area is 285 Å². The van der Waals surface area contributed by atoms with E-state index in [9.17, 15) is 9.59 Å². The van der Waals surface area contributed by atoms with Gasteiger partial charge in [0.2, 0.25) is 0 Å². The molecule has 46 heavy (non-hydrogen) atoms. The highest BCUT2D eigenvalue weighted by Crippen LogP contribution is 2.18. The predicted molar refractivity (Wildman–Crippen MR) is 199 cm³/mol. The highest BCUT2D eigenvalue weighted by molar-refractivity contribution is 5.69. The molecule has 266 valence electrons. The van der Waals surface area contributed by atoms with Gasteiger partial charge in [-0.2, -0.15) is 0 Å². The predicted octanol–water partition coefficient (Wildman–Crippen LogP) is 13.6. The number of aliphatic carboxylic acids is 1. The maximum absolute atomic E-state index is 12.6. The van der Waals surface area contributed by atoms with E-state index in [-0.39, 0.29) is 18.5 Å². The lowest BCUT2D eigenvalue weighted by Gasteiger charge is -2.18. The molecule has 1 unspecified atom stereocenters. The Bertz CT molecular complexity index is 779. The summed E-state index contributed by atoms with van der Waals surface area (Å²) in [6, 6.07) is 0. The smallest absolute Gasteiger partial charge is 0.306 e. The van der Waals surface area contributed by atoms with Gasteiger partial charge in [0.25, 0.3) is 0 Å². The SMILES string of the molecule is CCCCC/C=C\C/C=C\C/C=C\C/C=C\CCCCCCCC(=O)OC(CCCCCCCCCC)CCCCCCC(=O)O. The second-order valence-electron chi connectivity index (χ2n) is 13.1. The second-order valence-corrected chi connectivity index (χ2v) is 13.1. The monoisotopic (exact) mass is 643 g/mol. The fraction of sp³-hybridized carbons (Fsp3) is 0.762. The van der Waals surface area contributed by atoms with Crippen LogP contribution in [0.4, 0.5) is 0 Å². The molecule has 0 aliphatic heterocycles. The van der Waals surface area contributed by atoms with E-state index in [0.29, 0.717) is 6.42 Å². The molecule has 4 heteroatoms. The number of carbonyl (C=O) groups is 2. The third-order valence-corrected chi connectivity index (χ3v) is 8.55. The minimum Gasteiger partial charge on any atom is -0.481 e. The van der Waals surface area contributed by atoms with Gasteiger partial charge in [-0.15, -0.1) is 0 Å². The molecule has 0 aromatic rings. The quantitative estimate of drug-likeness (QED) is 0.0424. The van der Waals surface area contributed by atoms with Crippen LogP contribution in [-0.2, 0) is 14.3 Å². The van der Waals surface area contributed by atoms with E-state index >= 15 is 0 Å². The Morgan fingerprint density at radius 2 is 0.848 bits per heavy atom. The minimum absolute atomic E-state index is 0.0255. The van der Waals surface area contributed by atoms with Gasteiger partial charge in [0, 0.05) is 12.8 Å². The first kappa shape index (κ1) is 43.9. The van der Waals surface area contributed by atoms with Crippen molar-refractivity contribution in [2.45, 2.75) is 206 Å². The first-order valence-electron chi connectivity index (χ1n) is 19.6. The van der Waals surface area contributed by atoms with Crippen molar-refractivity contribution >= 4 is 11.9 Å². The molecular weight excluding hydrogens is 568 g/mol. The normalized spacial score (nSPS) is 12.7. The van der Waals surface area contributed by atoms with Crippen molar-refractivity contribution in [3.05, 3.63) is 48.6 Å². The zero-order chi connectivity index (χ0) is 33.6. The van der Waals surface area contributed by atoms with Crippen molar-refractivity contribution in [1.82, 2.24) is 0 Å². The number of ether oxygens (including phenoxy) is 1. The largest absolute Gasteiger partial charge is 0.481 e. The molecule has 4 nitrogen and oxygen atoms in total. The average Bonchev–Trinajstić information content (AvgIpc) is 3.04. The summed E-state index contributed by atoms with van der Waals surface area (Å²) in [5, 5.41) is 8.83. The third kappa shape index (κ3) is 36.4. The summed E-state index contributed by atoms with van der Waals surface area (Å²) in [6.07, 6.45) is 49.8. The number of rotatable bonds is 35. The van der Waals surface area contributed by atoms with Crippen molar-refractivity contribution < 1.29 is 19.4 Å². The molecule has 1 N–H and O–H groups in total. The first-order chi connectivity index (χ1) is 22.6. The van der Waals surface area contributed by atoms with Crippen LogP contribution in [0, 0.1) is 0 Å². The van der Waals surface area contributed by atoms with Gasteiger partial charge in [0.05, 0.1) is 0 Å². The molecule has 0 saturated heterocycles. The number of unbranched alkanes of at least 4 members (excludes halogenated alkanes) is 18. The summed E-state index contributed by atoms with van der Waals surface area (Å²) in [5.74, 6) is -0.746. The molecule has 0 spiro atoms. The van der Waals surface area contributed by atoms with Crippen LogP contribution in [0.15, 0.2) is 48.6 Å². The fourth-order valence-electron chi connectivity index (χ4n) is 5.64. The zero-order valence-electron chi connectivity index (χ0n) is 30.4. The Kier molecular flexibility index (Phi) is 35.7. The van der Waals surface area contributed by atoms with Crippen LogP contribution in [0.25, 0.3) is 0 Å². The molecule has 0 bridgehead atoms. The van der Waals surface area contributed by atoms with Crippen LogP contribution < -0.4 is 0 Å². The maximum Gasteiger partial charge on any atom is 0.306 e. The standard InChI is InChI=1S/C42H74O4/c1-3-5-7-9-11-13-14-15-16-17-18-19-20-21-22-23-24-25-27-29-35-39-42(45)46-40(37-33-30-31-34-38-41(43)44)36-32-28-26-12-10-8-6-4-2/h11,13,15-16,18-19,21-22,40H,3-10,12,14,17,20,23-39H2,1-2H3,(H,43,44)/b13-11-,16-15-,19-18-,22-21-. The van der Waals surface area contributed by atoms with Crippen LogP contribution in [-0.4, -0.2) is 23.1 Å². The van der Waals surface area contributed by atoms with E-state index in [1.54, 1.807) is 0 Å². The number of hydrogen-bond acceptors (Lipinski definition) is 3. The first-order valence-corrected chi connectivity index (χ1v) is 19.6. The van der Waals surface area contributed by atoms with Gasteiger partial charge in [-0.1, -0.05) is 152 Å². The van der Waals surface area contributed by atoms with E-state index in [2.05, 4.69) is 62.5 Å². The van der Waals surface area contributed by atoms with Crippen LogP contribution in [0.2, 0.25) is 0 Å². The maximum atomic E-state index is 12.6. The lowest BCUT2D eigenvalue weighted by molar-refractivity contribution is -0.150. The molecule has 0 aliphatic rings. The van der Waals surface area contributed by atoms with E-state index in [0.717, 1.165) is 83.5 Å². The summed E-state index contributed by atoms with van der Waals surface area (Å²) in [4.78, 5) is 23.3. The van der Waals surface area contributed by atoms with Crippen LogP contribution in [0.3, 0.4) is 0 Å². The highest BCUT2D eigenvalue weighted by atomic mass is 16.5. The molecule has 0 aliphatic carbocycles. The van der Waals surface area contributed by atoms with Gasteiger partial charge in [0.15, 0.2) is 0 Å². The van der Waals surface area contributed by atoms with E-state index in [4.69, 9.17) is 9.84 Å². The number of carboxylic acid groups (broad SMARTS) is 1. The zero-order valence-corrected chi connectivity index (χ0v) is 30.4. The lowest BCUT2D eigenvalue weighted by atomic mass is 10.0. The minimum atomic E-state index is -0.715. The summed E-state index contributed by atoms with van der Waals surface area (Å²) in [7, 11) is 0. The summed E-state index contributed by atoms with van der Waals surface area (Å²) in [5.41, 5.74) is 0.